The number of rotatable bonds is 7. The van der Waals surface area contributed by atoms with Gasteiger partial charge in [-0.15, -0.1) is 0 Å². The lowest BCUT2D eigenvalue weighted by Gasteiger charge is -2.12. The number of halogens is 2. The lowest BCUT2D eigenvalue weighted by Crippen LogP contribution is -2.12. The summed E-state index contributed by atoms with van der Waals surface area (Å²) in [5, 5.41) is 3.32. The monoisotopic (exact) mass is 411 g/mol. The van der Waals surface area contributed by atoms with Crippen molar-refractivity contribution >= 4 is 31.9 Å². The Morgan fingerprint density at radius 3 is 2.29 bits per heavy atom. The van der Waals surface area contributed by atoms with Crippen LogP contribution in [0.4, 0.5) is 0 Å². The molecule has 0 aromatic heterocycles. The molecule has 0 aliphatic carbocycles. The van der Waals surface area contributed by atoms with Gasteiger partial charge in [-0.05, 0) is 61.7 Å². The first kappa shape index (κ1) is 16.5. The Hall–Kier alpha value is -0.840. The SMILES string of the molecule is CCNCc1cc(Br)c(OCCc2ccccc2)c(Br)c1. The van der Waals surface area contributed by atoms with Crippen LogP contribution in [-0.4, -0.2) is 13.2 Å². The minimum Gasteiger partial charge on any atom is -0.491 e. The molecule has 0 heterocycles. The summed E-state index contributed by atoms with van der Waals surface area (Å²) >= 11 is 7.19. The summed E-state index contributed by atoms with van der Waals surface area (Å²) in [5.74, 6) is 0.867. The lowest BCUT2D eigenvalue weighted by molar-refractivity contribution is 0.318. The van der Waals surface area contributed by atoms with Gasteiger partial charge in [-0.1, -0.05) is 37.3 Å². The molecule has 2 aromatic carbocycles. The summed E-state index contributed by atoms with van der Waals surface area (Å²) in [7, 11) is 0. The smallest absolute Gasteiger partial charge is 0.147 e. The topological polar surface area (TPSA) is 21.3 Å². The summed E-state index contributed by atoms with van der Waals surface area (Å²) in [4.78, 5) is 0. The van der Waals surface area contributed by atoms with Crippen LogP contribution < -0.4 is 10.1 Å². The number of ether oxygens (including phenoxy) is 1. The standard InChI is InChI=1S/C17H19Br2NO/c1-2-20-12-14-10-15(18)17(16(19)11-14)21-9-8-13-6-4-3-5-7-13/h3-7,10-11,20H,2,8-9,12H2,1H3. The predicted octanol–water partition coefficient (Wildman–Crippen LogP) is 4.94. The molecule has 0 atom stereocenters. The molecule has 0 saturated carbocycles. The highest BCUT2D eigenvalue weighted by atomic mass is 79.9. The first-order chi connectivity index (χ1) is 10.2. The van der Waals surface area contributed by atoms with Gasteiger partial charge in [0.2, 0.25) is 0 Å². The Bertz CT molecular complexity index is 549. The summed E-state index contributed by atoms with van der Waals surface area (Å²) in [6, 6.07) is 14.6. The van der Waals surface area contributed by atoms with Gasteiger partial charge in [0.15, 0.2) is 0 Å². The molecule has 21 heavy (non-hydrogen) atoms. The van der Waals surface area contributed by atoms with E-state index in [4.69, 9.17) is 4.74 Å². The third-order valence-electron chi connectivity index (χ3n) is 3.12. The van der Waals surface area contributed by atoms with Crippen LogP contribution in [0.3, 0.4) is 0 Å². The highest BCUT2D eigenvalue weighted by molar-refractivity contribution is 9.11. The van der Waals surface area contributed by atoms with E-state index in [9.17, 15) is 0 Å². The third kappa shape index (κ3) is 5.13. The molecule has 2 nitrogen and oxygen atoms in total. The molecule has 0 aliphatic rings. The summed E-state index contributed by atoms with van der Waals surface area (Å²) in [6.07, 6.45) is 0.902. The molecular formula is C17H19Br2NO. The Labute approximate surface area is 143 Å². The zero-order valence-corrected chi connectivity index (χ0v) is 15.2. The fraction of sp³-hybridized carbons (Fsp3) is 0.294. The third-order valence-corrected chi connectivity index (χ3v) is 4.30. The molecule has 2 aromatic rings. The molecule has 0 saturated heterocycles. The van der Waals surface area contributed by atoms with Gasteiger partial charge in [0.25, 0.3) is 0 Å². The van der Waals surface area contributed by atoms with E-state index in [1.165, 1.54) is 11.1 Å². The van der Waals surface area contributed by atoms with Gasteiger partial charge in [-0.2, -0.15) is 0 Å². The van der Waals surface area contributed by atoms with Crippen LogP contribution in [0.1, 0.15) is 18.1 Å². The van der Waals surface area contributed by atoms with E-state index in [1.54, 1.807) is 0 Å². The molecule has 0 fully saturated rings. The van der Waals surface area contributed by atoms with Crippen LogP contribution in [0.5, 0.6) is 5.75 Å². The lowest BCUT2D eigenvalue weighted by atomic mass is 10.2. The molecule has 2 rings (SSSR count). The second-order valence-corrected chi connectivity index (χ2v) is 6.46. The normalized spacial score (nSPS) is 10.6. The molecule has 0 unspecified atom stereocenters. The number of hydrogen-bond donors (Lipinski definition) is 1. The predicted molar refractivity (Wildman–Crippen MR) is 94.9 cm³/mol. The highest BCUT2D eigenvalue weighted by Crippen LogP contribution is 2.34. The fourth-order valence-corrected chi connectivity index (χ4v) is 3.55. The summed E-state index contributed by atoms with van der Waals surface area (Å²) in [5.41, 5.74) is 2.51. The van der Waals surface area contributed by atoms with Crippen molar-refractivity contribution in [3.63, 3.8) is 0 Å². The Kier molecular flexibility index (Phi) is 6.74. The van der Waals surface area contributed by atoms with Crippen LogP contribution in [0.15, 0.2) is 51.4 Å². The molecule has 0 bridgehead atoms. The molecule has 1 N–H and O–H groups in total. The number of benzene rings is 2. The first-order valence-corrected chi connectivity index (χ1v) is 8.64. The van der Waals surface area contributed by atoms with Gasteiger partial charge in [0.05, 0.1) is 15.6 Å². The molecule has 112 valence electrons. The van der Waals surface area contributed by atoms with Crippen LogP contribution in [-0.2, 0) is 13.0 Å². The van der Waals surface area contributed by atoms with Gasteiger partial charge in [-0.25, -0.2) is 0 Å². The van der Waals surface area contributed by atoms with Crippen molar-refractivity contribution in [2.45, 2.75) is 19.9 Å². The van der Waals surface area contributed by atoms with Crippen LogP contribution in [0, 0.1) is 0 Å². The second kappa shape index (κ2) is 8.57. The molecule has 0 radical (unpaired) electrons. The second-order valence-electron chi connectivity index (χ2n) is 4.75. The molecular weight excluding hydrogens is 394 g/mol. The minimum atomic E-state index is 0.660. The average molecular weight is 413 g/mol. The van der Waals surface area contributed by atoms with Gasteiger partial charge >= 0.3 is 0 Å². The Morgan fingerprint density at radius 2 is 1.67 bits per heavy atom. The molecule has 0 amide bonds. The van der Waals surface area contributed by atoms with E-state index in [0.717, 1.165) is 34.2 Å². The van der Waals surface area contributed by atoms with E-state index >= 15 is 0 Å². The largest absolute Gasteiger partial charge is 0.491 e. The maximum atomic E-state index is 5.92. The van der Waals surface area contributed by atoms with Crippen molar-refractivity contribution in [2.24, 2.45) is 0 Å². The van der Waals surface area contributed by atoms with Crippen LogP contribution in [0.25, 0.3) is 0 Å². The zero-order valence-electron chi connectivity index (χ0n) is 12.0. The first-order valence-electron chi connectivity index (χ1n) is 7.06. The summed E-state index contributed by atoms with van der Waals surface area (Å²) in [6.45, 7) is 4.58. The van der Waals surface area contributed by atoms with E-state index in [0.29, 0.717) is 6.61 Å². The van der Waals surface area contributed by atoms with E-state index in [1.807, 2.05) is 6.07 Å². The zero-order chi connectivity index (χ0) is 15.1. The molecule has 0 aliphatic heterocycles. The number of hydrogen-bond acceptors (Lipinski definition) is 2. The minimum absolute atomic E-state index is 0.660. The Balaban J connectivity index is 1.96. The van der Waals surface area contributed by atoms with Gasteiger partial charge in [0.1, 0.15) is 5.75 Å². The van der Waals surface area contributed by atoms with Gasteiger partial charge in [-0.3, -0.25) is 0 Å². The maximum Gasteiger partial charge on any atom is 0.147 e. The Morgan fingerprint density at radius 1 is 1.00 bits per heavy atom. The maximum absolute atomic E-state index is 5.92. The van der Waals surface area contributed by atoms with Crippen LogP contribution in [0.2, 0.25) is 0 Å². The summed E-state index contributed by atoms with van der Waals surface area (Å²) < 4.78 is 7.89. The van der Waals surface area contributed by atoms with E-state index in [2.05, 4.69) is 80.5 Å². The van der Waals surface area contributed by atoms with E-state index in [-0.39, 0.29) is 0 Å². The molecule has 4 heteroatoms. The quantitative estimate of drug-likeness (QED) is 0.695. The van der Waals surface area contributed by atoms with Gasteiger partial charge in [0, 0.05) is 13.0 Å². The van der Waals surface area contributed by atoms with Crippen molar-refractivity contribution in [3.05, 3.63) is 62.5 Å². The van der Waals surface area contributed by atoms with Crippen molar-refractivity contribution in [2.75, 3.05) is 13.2 Å². The van der Waals surface area contributed by atoms with Crippen LogP contribution >= 0.6 is 31.9 Å². The van der Waals surface area contributed by atoms with Crippen molar-refractivity contribution in [3.8, 4) is 5.75 Å². The van der Waals surface area contributed by atoms with Crippen molar-refractivity contribution in [1.29, 1.82) is 0 Å². The van der Waals surface area contributed by atoms with Crippen molar-refractivity contribution < 1.29 is 4.74 Å². The highest BCUT2D eigenvalue weighted by Gasteiger charge is 2.09. The molecule has 0 spiro atoms. The average Bonchev–Trinajstić information content (AvgIpc) is 2.49. The van der Waals surface area contributed by atoms with E-state index < -0.39 is 0 Å². The van der Waals surface area contributed by atoms with Gasteiger partial charge < -0.3 is 10.1 Å². The van der Waals surface area contributed by atoms with Crippen molar-refractivity contribution in [1.82, 2.24) is 5.32 Å². The number of nitrogens with one attached hydrogen (secondary N) is 1. The fourth-order valence-electron chi connectivity index (χ4n) is 2.04.